The molecule has 0 fully saturated rings. The molecule has 5 aromatic rings. The van der Waals surface area contributed by atoms with Crippen LogP contribution in [0, 0.1) is 12.8 Å². The fourth-order valence-corrected chi connectivity index (χ4v) is 4.39. The van der Waals surface area contributed by atoms with Crippen molar-refractivity contribution in [1.82, 2.24) is 29.3 Å². The molecular formula is C23H22N6O2S. The Morgan fingerprint density at radius 3 is 2.62 bits per heavy atom. The summed E-state index contributed by atoms with van der Waals surface area (Å²) in [6, 6.07) is 15.3. The molecule has 5 rings (SSSR count). The molecule has 8 nitrogen and oxygen atoms in total. The van der Waals surface area contributed by atoms with Crippen LogP contribution in [0.5, 0.6) is 0 Å². The van der Waals surface area contributed by atoms with E-state index < -0.39 is 0 Å². The van der Waals surface area contributed by atoms with Gasteiger partial charge >= 0.3 is 0 Å². The molecule has 3 aromatic heterocycles. The van der Waals surface area contributed by atoms with Crippen molar-refractivity contribution in [2.24, 2.45) is 5.92 Å². The largest absolute Gasteiger partial charge is 0.339 e. The van der Waals surface area contributed by atoms with Gasteiger partial charge in [-0.3, -0.25) is 9.20 Å². The first-order valence-corrected chi connectivity index (χ1v) is 11.4. The van der Waals surface area contributed by atoms with Gasteiger partial charge in [0.25, 0.3) is 5.56 Å². The summed E-state index contributed by atoms with van der Waals surface area (Å²) in [6.45, 7) is 6.23. The third-order valence-electron chi connectivity index (χ3n) is 5.11. The fraction of sp³-hybridized carbons (Fsp3) is 0.261. The predicted molar refractivity (Wildman–Crippen MR) is 123 cm³/mol. The molecule has 0 aliphatic heterocycles. The lowest BCUT2D eigenvalue weighted by molar-refractivity contribution is 0.360. The number of hydrogen-bond donors (Lipinski definition) is 0. The SMILES string of the molecule is Cc1ccc(-n2c(=O)c3ccccc3n3c(SCc4noc(CC(C)C)n4)nnc23)cc1. The summed E-state index contributed by atoms with van der Waals surface area (Å²) >= 11 is 1.46. The Hall–Kier alpha value is -3.46. The number of aromatic nitrogens is 6. The number of rotatable bonds is 6. The van der Waals surface area contributed by atoms with E-state index >= 15 is 0 Å². The summed E-state index contributed by atoms with van der Waals surface area (Å²) in [6.07, 6.45) is 0.749. The van der Waals surface area contributed by atoms with Crippen LogP contribution in [-0.2, 0) is 12.2 Å². The van der Waals surface area contributed by atoms with Crippen molar-refractivity contribution in [1.29, 1.82) is 0 Å². The molecule has 0 N–H and O–H groups in total. The van der Waals surface area contributed by atoms with Crippen LogP contribution >= 0.6 is 11.8 Å². The Labute approximate surface area is 188 Å². The second-order valence-electron chi connectivity index (χ2n) is 8.10. The molecular weight excluding hydrogens is 424 g/mol. The number of fused-ring (bicyclic) bond motifs is 3. The Morgan fingerprint density at radius 1 is 1.06 bits per heavy atom. The normalized spacial score (nSPS) is 11.8. The van der Waals surface area contributed by atoms with Crippen molar-refractivity contribution in [3.63, 3.8) is 0 Å². The molecule has 0 atom stereocenters. The van der Waals surface area contributed by atoms with Crippen molar-refractivity contribution in [3.05, 3.63) is 76.2 Å². The van der Waals surface area contributed by atoms with Gasteiger partial charge in [-0.2, -0.15) is 4.98 Å². The van der Waals surface area contributed by atoms with Gasteiger partial charge in [-0.25, -0.2) is 4.57 Å². The average molecular weight is 447 g/mol. The minimum absolute atomic E-state index is 0.127. The molecule has 9 heteroatoms. The zero-order valence-corrected chi connectivity index (χ0v) is 18.8. The number of para-hydroxylation sites is 1. The first kappa shape index (κ1) is 20.4. The molecule has 0 aliphatic carbocycles. The maximum Gasteiger partial charge on any atom is 0.267 e. The molecule has 162 valence electrons. The van der Waals surface area contributed by atoms with E-state index in [4.69, 9.17) is 4.52 Å². The average Bonchev–Trinajstić information content (AvgIpc) is 3.40. The predicted octanol–water partition coefficient (Wildman–Crippen LogP) is 4.22. The van der Waals surface area contributed by atoms with E-state index in [1.807, 2.05) is 59.9 Å². The van der Waals surface area contributed by atoms with E-state index in [1.165, 1.54) is 11.8 Å². The minimum atomic E-state index is -0.127. The van der Waals surface area contributed by atoms with Gasteiger partial charge < -0.3 is 4.52 Å². The van der Waals surface area contributed by atoms with Crippen molar-refractivity contribution >= 4 is 28.4 Å². The second-order valence-corrected chi connectivity index (χ2v) is 9.04. The lowest BCUT2D eigenvalue weighted by Crippen LogP contribution is -2.21. The summed E-state index contributed by atoms with van der Waals surface area (Å²) in [4.78, 5) is 17.8. The first-order chi connectivity index (χ1) is 15.5. The molecule has 0 spiro atoms. The van der Waals surface area contributed by atoms with Crippen molar-refractivity contribution in [2.75, 3.05) is 0 Å². The van der Waals surface area contributed by atoms with Crippen molar-refractivity contribution < 1.29 is 4.52 Å². The quantitative estimate of drug-likeness (QED) is 0.361. The first-order valence-electron chi connectivity index (χ1n) is 10.4. The molecule has 0 radical (unpaired) electrons. The van der Waals surface area contributed by atoms with E-state index in [0.29, 0.717) is 39.7 Å². The molecule has 0 unspecified atom stereocenters. The molecule has 3 heterocycles. The molecule has 2 aromatic carbocycles. The lowest BCUT2D eigenvalue weighted by Gasteiger charge is -2.11. The van der Waals surface area contributed by atoms with Crippen LogP contribution < -0.4 is 5.56 Å². The van der Waals surface area contributed by atoms with Crippen LogP contribution in [0.15, 0.2) is 63.0 Å². The summed E-state index contributed by atoms with van der Waals surface area (Å²) in [7, 11) is 0. The van der Waals surface area contributed by atoms with Gasteiger partial charge in [-0.1, -0.05) is 60.6 Å². The zero-order valence-electron chi connectivity index (χ0n) is 18.0. The highest BCUT2D eigenvalue weighted by Gasteiger charge is 2.18. The van der Waals surface area contributed by atoms with E-state index in [-0.39, 0.29) is 5.56 Å². The van der Waals surface area contributed by atoms with Crippen LogP contribution in [0.3, 0.4) is 0 Å². The van der Waals surface area contributed by atoms with Gasteiger partial charge in [-0.15, -0.1) is 10.2 Å². The maximum atomic E-state index is 13.3. The Bertz CT molecular complexity index is 1470. The second kappa shape index (κ2) is 8.23. The van der Waals surface area contributed by atoms with Crippen LogP contribution in [0.4, 0.5) is 0 Å². The molecule has 0 amide bonds. The molecule has 0 saturated carbocycles. The zero-order chi connectivity index (χ0) is 22.2. The van der Waals surface area contributed by atoms with Gasteiger partial charge in [0, 0.05) is 6.42 Å². The third-order valence-corrected chi connectivity index (χ3v) is 6.04. The molecule has 0 saturated heterocycles. The Morgan fingerprint density at radius 2 is 1.84 bits per heavy atom. The van der Waals surface area contributed by atoms with E-state index in [0.717, 1.165) is 23.2 Å². The molecule has 0 aliphatic rings. The van der Waals surface area contributed by atoms with Gasteiger partial charge in [0.15, 0.2) is 11.0 Å². The third kappa shape index (κ3) is 3.69. The highest BCUT2D eigenvalue weighted by molar-refractivity contribution is 7.98. The number of nitrogens with zero attached hydrogens (tertiary/aromatic N) is 6. The minimum Gasteiger partial charge on any atom is -0.339 e. The van der Waals surface area contributed by atoms with Crippen LogP contribution in [0.1, 0.15) is 31.1 Å². The van der Waals surface area contributed by atoms with Crippen LogP contribution in [0.25, 0.3) is 22.4 Å². The Kier molecular flexibility index (Phi) is 5.26. The fourth-order valence-electron chi connectivity index (χ4n) is 3.61. The van der Waals surface area contributed by atoms with E-state index in [9.17, 15) is 4.79 Å². The van der Waals surface area contributed by atoms with Crippen LogP contribution in [0.2, 0.25) is 0 Å². The van der Waals surface area contributed by atoms with Crippen molar-refractivity contribution in [3.8, 4) is 5.69 Å². The van der Waals surface area contributed by atoms with Gasteiger partial charge in [-0.05, 0) is 37.1 Å². The molecule has 32 heavy (non-hydrogen) atoms. The highest BCUT2D eigenvalue weighted by Crippen LogP contribution is 2.25. The number of benzene rings is 2. The smallest absolute Gasteiger partial charge is 0.267 e. The van der Waals surface area contributed by atoms with Crippen LogP contribution in [-0.4, -0.2) is 29.3 Å². The van der Waals surface area contributed by atoms with Gasteiger partial charge in [0.05, 0.1) is 22.3 Å². The summed E-state index contributed by atoms with van der Waals surface area (Å²) in [5, 5.41) is 14.1. The standard InChI is InChI=1S/C23H22N6O2S/c1-14(2)12-20-24-19(27-31-20)13-32-23-26-25-22-28(16-10-8-15(3)9-11-16)21(30)17-6-4-5-7-18(17)29(22)23/h4-11,14H,12-13H2,1-3H3. The number of thioether (sulfide) groups is 1. The topological polar surface area (TPSA) is 91.1 Å². The highest BCUT2D eigenvalue weighted by atomic mass is 32.2. The summed E-state index contributed by atoms with van der Waals surface area (Å²) < 4.78 is 8.86. The van der Waals surface area contributed by atoms with Gasteiger partial charge in [0.1, 0.15) is 0 Å². The molecule has 0 bridgehead atoms. The summed E-state index contributed by atoms with van der Waals surface area (Å²) in [5.74, 6) is 2.65. The van der Waals surface area contributed by atoms with Gasteiger partial charge in [0.2, 0.25) is 11.7 Å². The number of aryl methyl sites for hydroxylation is 1. The lowest BCUT2D eigenvalue weighted by atomic mass is 10.1. The summed E-state index contributed by atoms with van der Waals surface area (Å²) in [5.41, 5.74) is 2.50. The monoisotopic (exact) mass is 446 g/mol. The Balaban J connectivity index is 1.60. The van der Waals surface area contributed by atoms with Crippen molar-refractivity contribution in [2.45, 2.75) is 38.1 Å². The van der Waals surface area contributed by atoms with E-state index in [1.54, 1.807) is 4.57 Å². The maximum absolute atomic E-state index is 13.3. The number of hydrogen-bond acceptors (Lipinski definition) is 7. The van der Waals surface area contributed by atoms with E-state index in [2.05, 4.69) is 34.2 Å².